The number of amides is 1. The summed E-state index contributed by atoms with van der Waals surface area (Å²) < 4.78 is 9.56. The zero-order valence-corrected chi connectivity index (χ0v) is 15.2. The maximum absolute atomic E-state index is 12.3. The number of thiocarbonyl (C=S) groups is 1. The molecule has 2 rings (SSSR count). The molecule has 10 heteroatoms. The number of carbonyl (C=O) groups excluding carboxylic acids is 2. The Kier molecular flexibility index (Phi) is 6.39. The average molecular weight is 389 g/mol. The van der Waals surface area contributed by atoms with E-state index in [9.17, 15) is 19.7 Å². The molecule has 2 N–H and O–H groups in total. The van der Waals surface area contributed by atoms with Gasteiger partial charge in [0.2, 0.25) is 0 Å². The Bertz CT molecular complexity index is 915. The van der Waals surface area contributed by atoms with Gasteiger partial charge in [-0.05, 0) is 42.5 Å². The van der Waals surface area contributed by atoms with Crippen LogP contribution in [0.3, 0.4) is 0 Å². The van der Waals surface area contributed by atoms with Crippen molar-refractivity contribution in [2.45, 2.75) is 0 Å². The highest BCUT2D eigenvalue weighted by Crippen LogP contribution is 2.28. The zero-order valence-electron chi connectivity index (χ0n) is 14.3. The lowest BCUT2D eigenvalue weighted by atomic mass is 10.1. The van der Waals surface area contributed by atoms with Gasteiger partial charge < -0.3 is 14.8 Å². The number of nitro groups is 1. The molecule has 0 aliphatic carbocycles. The van der Waals surface area contributed by atoms with Gasteiger partial charge in [0.1, 0.15) is 11.4 Å². The number of esters is 1. The molecule has 2 aromatic carbocycles. The number of nitro benzene ring substituents is 1. The van der Waals surface area contributed by atoms with E-state index in [-0.39, 0.29) is 27.6 Å². The molecule has 27 heavy (non-hydrogen) atoms. The van der Waals surface area contributed by atoms with Gasteiger partial charge in [-0.2, -0.15) is 0 Å². The first-order valence-corrected chi connectivity index (χ1v) is 7.89. The highest BCUT2D eigenvalue weighted by Gasteiger charge is 2.17. The van der Waals surface area contributed by atoms with Crippen LogP contribution in [-0.2, 0) is 4.74 Å². The summed E-state index contributed by atoms with van der Waals surface area (Å²) in [5.41, 5.74) is 0.203. The lowest BCUT2D eigenvalue weighted by Gasteiger charge is -2.11. The SMILES string of the molecule is COC(=O)c1cccc(C(=O)NC(=S)Nc2ccc(OC)cc2[N+](=O)[O-])c1. The molecule has 0 atom stereocenters. The average Bonchev–Trinajstić information content (AvgIpc) is 2.67. The summed E-state index contributed by atoms with van der Waals surface area (Å²) in [5.74, 6) is -0.865. The third-order valence-electron chi connectivity index (χ3n) is 3.42. The fourth-order valence-electron chi connectivity index (χ4n) is 2.13. The molecule has 0 unspecified atom stereocenters. The standard InChI is InChI=1S/C17H15N3O6S/c1-25-12-6-7-13(14(9-12)20(23)24)18-17(27)19-15(21)10-4-3-5-11(8-10)16(22)26-2/h3-9H,1-2H3,(H2,18,19,21,27). The predicted octanol–water partition coefficient (Wildman–Crippen LogP) is 2.52. The van der Waals surface area contributed by atoms with E-state index in [1.165, 1.54) is 56.7 Å². The summed E-state index contributed by atoms with van der Waals surface area (Å²) in [6, 6.07) is 10.0. The van der Waals surface area contributed by atoms with Crippen molar-refractivity contribution in [3.05, 3.63) is 63.7 Å². The van der Waals surface area contributed by atoms with Crippen molar-refractivity contribution in [3.63, 3.8) is 0 Å². The van der Waals surface area contributed by atoms with Gasteiger partial charge in [0.05, 0.1) is 30.8 Å². The predicted molar refractivity (Wildman–Crippen MR) is 101 cm³/mol. The molecule has 0 aliphatic heterocycles. The van der Waals surface area contributed by atoms with E-state index in [2.05, 4.69) is 15.4 Å². The Morgan fingerprint density at radius 1 is 1.11 bits per heavy atom. The van der Waals surface area contributed by atoms with Crippen LogP contribution in [0.25, 0.3) is 0 Å². The van der Waals surface area contributed by atoms with E-state index in [1.807, 2.05) is 0 Å². The molecule has 9 nitrogen and oxygen atoms in total. The minimum absolute atomic E-state index is 0.0920. The fourth-order valence-corrected chi connectivity index (χ4v) is 2.33. The van der Waals surface area contributed by atoms with Crippen LogP contribution >= 0.6 is 12.2 Å². The van der Waals surface area contributed by atoms with Crippen molar-refractivity contribution < 1.29 is 24.0 Å². The molecule has 0 bridgehead atoms. The topological polar surface area (TPSA) is 120 Å². The van der Waals surface area contributed by atoms with Crippen molar-refractivity contribution in [1.82, 2.24) is 5.32 Å². The Hall–Kier alpha value is -3.53. The molecule has 0 fully saturated rings. The number of hydrogen-bond donors (Lipinski definition) is 2. The second-order valence-electron chi connectivity index (χ2n) is 5.12. The summed E-state index contributed by atoms with van der Waals surface area (Å²) in [6.45, 7) is 0. The zero-order chi connectivity index (χ0) is 20.0. The monoisotopic (exact) mass is 389 g/mol. The molecule has 0 saturated carbocycles. The van der Waals surface area contributed by atoms with Gasteiger partial charge >= 0.3 is 5.97 Å². The molecule has 0 saturated heterocycles. The largest absolute Gasteiger partial charge is 0.496 e. The summed E-state index contributed by atoms with van der Waals surface area (Å²) in [6.07, 6.45) is 0. The first-order valence-electron chi connectivity index (χ1n) is 7.49. The van der Waals surface area contributed by atoms with Gasteiger partial charge in [-0.3, -0.25) is 20.2 Å². The van der Waals surface area contributed by atoms with Crippen LogP contribution in [0.5, 0.6) is 5.75 Å². The minimum Gasteiger partial charge on any atom is -0.496 e. The molecule has 1 amide bonds. The molecular formula is C17H15N3O6S. The van der Waals surface area contributed by atoms with Crippen molar-refractivity contribution >= 4 is 40.6 Å². The van der Waals surface area contributed by atoms with Gasteiger partial charge in [-0.15, -0.1) is 0 Å². The number of carbonyl (C=O) groups is 2. The number of benzene rings is 2. The Balaban J connectivity index is 2.13. The highest BCUT2D eigenvalue weighted by molar-refractivity contribution is 7.80. The van der Waals surface area contributed by atoms with E-state index >= 15 is 0 Å². The number of ether oxygens (including phenoxy) is 2. The molecule has 0 spiro atoms. The number of anilines is 1. The number of hydrogen-bond acceptors (Lipinski definition) is 7. The van der Waals surface area contributed by atoms with Crippen LogP contribution in [0.15, 0.2) is 42.5 Å². The Morgan fingerprint density at radius 3 is 2.44 bits per heavy atom. The van der Waals surface area contributed by atoms with Gasteiger partial charge in [-0.1, -0.05) is 6.07 Å². The van der Waals surface area contributed by atoms with Crippen LogP contribution in [0.2, 0.25) is 0 Å². The van der Waals surface area contributed by atoms with E-state index in [1.54, 1.807) is 0 Å². The summed E-state index contributed by atoms with van der Waals surface area (Å²) in [4.78, 5) is 34.4. The van der Waals surface area contributed by atoms with E-state index < -0.39 is 16.8 Å². The van der Waals surface area contributed by atoms with Crippen LogP contribution in [0.1, 0.15) is 20.7 Å². The number of methoxy groups -OCH3 is 2. The number of nitrogens with one attached hydrogen (secondary N) is 2. The number of nitrogens with zero attached hydrogens (tertiary/aromatic N) is 1. The molecule has 0 aromatic heterocycles. The molecular weight excluding hydrogens is 374 g/mol. The lowest BCUT2D eigenvalue weighted by Crippen LogP contribution is -2.34. The van der Waals surface area contributed by atoms with Gasteiger partial charge in [-0.25, -0.2) is 4.79 Å². The third kappa shape index (κ3) is 4.98. The van der Waals surface area contributed by atoms with E-state index in [0.717, 1.165) is 0 Å². The first-order chi connectivity index (χ1) is 12.8. The van der Waals surface area contributed by atoms with Crippen molar-refractivity contribution in [3.8, 4) is 5.75 Å². The van der Waals surface area contributed by atoms with Crippen molar-refractivity contribution in [1.29, 1.82) is 0 Å². The number of rotatable bonds is 5. The van der Waals surface area contributed by atoms with Gasteiger partial charge in [0, 0.05) is 5.56 Å². The summed E-state index contributed by atoms with van der Waals surface area (Å²) in [7, 11) is 2.62. The van der Waals surface area contributed by atoms with Crippen molar-refractivity contribution in [2.75, 3.05) is 19.5 Å². The minimum atomic E-state index is -0.602. The van der Waals surface area contributed by atoms with Crippen LogP contribution in [-0.4, -0.2) is 36.1 Å². The lowest BCUT2D eigenvalue weighted by molar-refractivity contribution is -0.384. The van der Waals surface area contributed by atoms with Crippen LogP contribution < -0.4 is 15.4 Å². The highest BCUT2D eigenvalue weighted by atomic mass is 32.1. The second-order valence-corrected chi connectivity index (χ2v) is 5.53. The van der Waals surface area contributed by atoms with E-state index in [0.29, 0.717) is 5.75 Å². The van der Waals surface area contributed by atoms with Gasteiger partial charge in [0.25, 0.3) is 11.6 Å². The quantitative estimate of drug-likeness (QED) is 0.346. The van der Waals surface area contributed by atoms with Gasteiger partial charge in [0.15, 0.2) is 5.11 Å². The fraction of sp³-hybridized carbons (Fsp3) is 0.118. The Morgan fingerprint density at radius 2 is 1.81 bits per heavy atom. The molecule has 2 aromatic rings. The van der Waals surface area contributed by atoms with Crippen LogP contribution in [0, 0.1) is 10.1 Å². The third-order valence-corrected chi connectivity index (χ3v) is 3.63. The maximum Gasteiger partial charge on any atom is 0.337 e. The normalized spacial score (nSPS) is 9.85. The molecule has 0 heterocycles. The molecule has 140 valence electrons. The Labute approximate surface area is 159 Å². The smallest absolute Gasteiger partial charge is 0.337 e. The van der Waals surface area contributed by atoms with E-state index in [4.69, 9.17) is 17.0 Å². The summed E-state index contributed by atoms with van der Waals surface area (Å²) >= 11 is 5.04. The molecule has 0 aliphatic rings. The first kappa shape index (κ1) is 19.8. The van der Waals surface area contributed by atoms with Crippen molar-refractivity contribution in [2.24, 2.45) is 0 Å². The second kappa shape index (κ2) is 8.72. The summed E-state index contributed by atoms with van der Waals surface area (Å²) in [5, 5.41) is 16.0. The maximum atomic E-state index is 12.3. The van der Waals surface area contributed by atoms with Crippen LogP contribution in [0.4, 0.5) is 11.4 Å². The molecule has 0 radical (unpaired) electrons.